The van der Waals surface area contributed by atoms with Crippen LogP contribution >= 0.6 is 0 Å². The van der Waals surface area contributed by atoms with E-state index < -0.39 is 36.1 Å². The van der Waals surface area contributed by atoms with Crippen molar-refractivity contribution in [2.45, 2.75) is 25.7 Å². The van der Waals surface area contributed by atoms with Crippen molar-refractivity contribution in [3.63, 3.8) is 0 Å². The SMILES string of the molecule is Cc1cc(-c2ccc(N3CCNCC3)nc2)cnc1-n1c(CC(CN)=C(F)F)n[nH]c1=O.O=C(O)C(F)(F)F.O=C(O)C(F)(F)F. The number of aromatic amines is 1. The van der Waals surface area contributed by atoms with E-state index >= 15 is 0 Å². The number of anilines is 1. The van der Waals surface area contributed by atoms with Gasteiger partial charge >= 0.3 is 30.0 Å². The molecule has 0 atom stereocenters. The van der Waals surface area contributed by atoms with Crippen LogP contribution in [0, 0.1) is 6.92 Å². The first-order chi connectivity index (χ1) is 21.4. The highest BCUT2D eigenvalue weighted by Crippen LogP contribution is 2.24. The molecule has 1 saturated heterocycles. The van der Waals surface area contributed by atoms with E-state index in [0.717, 1.165) is 43.1 Å². The number of hydrogen-bond donors (Lipinski definition) is 5. The van der Waals surface area contributed by atoms with E-state index in [-0.39, 0.29) is 24.4 Å². The number of rotatable bonds is 6. The lowest BCUT2D eigenvalue weighted by molar-refractivity contribution is -0.193. The highest BCUT2D eigenvalue weighted by Gasteiger charge is 2.38. The molecule has 0 amide bonds. The normalized spacial score (nSPS) is 13.1. The first kappa shape index (κ1) is 37.3. The summed E-state index contributed by atoms with van der Waals surface area (Å²) in [6.45, 7) is 5.17. The van der Waals surface area contributed by atoms with Crippen molar-refractivity contribution in [1.82, 2.24) is 30.0 Å². The first-order valence-electron chi connectivity index (χ1n) is 12.8. The Morgan fingerprint density at radius 1 is 0.957 bits per heavy atom. The number of nitrogens with one attached hydrogen (secondary N) is 2. The summed E-state index contributed by atoms with van der Waals surface area (Å²) in [6.07, 6.45) is -8.86. The molecule has 0 aliphatic carbocycles. The molecule has 0 bridgehead atoms. The summed E-state index contributed by atoms with van der Waals surface area (Å²) in [5, 5.41) is 23.8. The van der Waals surface area contributed by atoms with Gasteiger partial charge in [0.1, 0.15) is 17.5 Å². The van der Waals surface area contributed by atoms with E-state index in [0.29, 0.717) is 11.4 Å². The van der Waals surface area contributed by atoms with Gasteiger partial charge in [-0.15, -0.1) is 0 Å². The number of aliphatic carboxylic acids is 2. The minimum absolute atomic E-state index is 0.119. The zero-order chi connectivity index (χ0) is 34.8. The number of carboxylic acids is 2. The molecule has 1 aliphatic heterocycles. The monoisotopic (exact) mass is 670 g/mol. The second-order valence-corrected chi connectivity index (χ2v) is 9.14. The molecular weight excluding hydrogens is 644 g/mol. The van der Waals surface area contributed by atoms with Crippen molar-refractivity contribution in [1.29, 1.82) is 0 Å². The molecule has 0 radical (unpaired) electrons. The predicted molar refractivity (Wildman–Crippen MR) is 144 cm³/mol. The molecule has 46 heavy (non-hydrogen) atoms. The molecule has 0 spiro atoms. The number of piperazine rings is 1. The topological polar surface area (TPSA) is 192 Å². The van der Waals surface area contributed by atoms with Gasteiger partial charge in [0.2, 0.25) is 0 Å². The van der Waals surface area contributed by atoms with Gasteiger partial charge in [-0.1, -0.05) is 0 Å². The molecule has 21 heteroatoms. The average Bonchev–Trinajstić information content (AvgIpc) is 3.35. The Balaban J connectivity index is 0.000000440. The van der Waals surface area contributed by atoms with Gasteiger partial charge in [0.15, 0.2) is 0 Å². The third-order valence-corrected chi connectivity index (χ3v) is 5.90. The number of halogens is 8. The fraction of sp³-hybridized carbons (Fsp3) is 0.360. The number of nitrogens with zero attached hydrogens (tertiary/aromatic N) is 5. The molecule has 0 saturated carbocycles. The summed E-state index contributed by atoms with van der Waals surface area (Å²) in [6, 6.07) is 5.84. The molecule has 252 valence electrons. The molecule has 3 aromatic heterocycles. The lowest BCUT2D eigenvalue weighted by Gasteiger charge is -2.28. The van der Waals surface area contributed by atoms with Crippen molar-refractivity contribution in [3.05, 3.63) is 64.1 Å². The van der Waals surface area contributed by atoms with E-state index in [1.54, 1.807) is 19.3 Å². The van der Waals surface area contributed by atoms with Crippen LogP contribution in [-0.2, 0) is 16.0 Å². The number of carboxylic acid groups (broad SMARTS) is 2. The predicted octanol–water partition coefficient (Wildman–Crippen LogP) is 2.65. The van der Waals surface area contributed by atoms with Gasteiger partial charge in [-0.2, -0.15) is 40.2 Å². The molecule has 0 unspecified atom stereocenters. The quantitative estimate of drug-likeness (QED) is 0.242. The average molecular weight is 671 g/mol. The van der Waals surface area contributed by atoms with Gasteiger partial charge < -0.3 is 26.2 Å². The Kier molecular flexibility index (Phi) is 12.9. The van der Waals surface area contributed by atoms with E-state index in [1.165, 1.54) is 4.57 Å². The number of aromatic nitrogens is 5. The van der Waals surface area contributed by atoms with Gasteiger partial charge in [0.25, 0.3) is 6.08 Å². The summed E-state index contributed by atoms with van der Waals surface area (Å²) in [4.78, 5) is 41.4. The summed E-state index contributed by atoms with van der Waals surface area (Å²) in [5.74, 6) is -4.15. The van der Waals surface area contributed by atoms with Crippen molar-refractivity contribution in [2.75, 3.05) is 37.6 Å². The van der Waals surface area contributed by atoms with E-state index in [2.05, 4.69) is 30.4 Å². The van der Waals surface area contributed by atoms with Crippen LogP contribution in [0.25, 0.3) is 16.9 Å². The smallest absolute Gasteiger partial charge is 0.475 e. The Bertz CT molecular complexity index is 1550. The number of nitrogens with two attached hydrogens (primary N) is 1. The Morgan fingerprint density at radius 3 is 1.93 bits per heavy atom. The molecule has 3 aromatic rings. The summed E-state index contributed by atoms with van der Waals surface area (Å²) >= 11 is 0. The highest BCUT2D eigenvalue weighted by molar-refractivity contribution is 5.73. The molecule has 4 heterocycles. The molecular formula is C25H26F8N8O5. The second-order valence-electron chi connectivity index (χ2n) is 9.14. The van der Waals surface area contributed by atoms with Crippen LogP contribution in [-0.4, -0.2) is 92.0 Å². The fourth-order valence-electron chi connectivity index (χ4n) is 3.67. The second kappa shape index (κ2) is 15.9. The van der Waals surface area contributed by atoms with Crippen LogP contribution in [0.15, 0.2) is 47.0 Å². The van der Waals surface area contributed by atoms with Crippen molar-refractivity contribution in [3.8, 4) is 16.9 Å². The number of hydrogen-bond acceptors (Lipinski definition) is 9. The molecule has 0 aromatic carbocycles. The molecule has 6 N–H and O–H groups in total. The largest absolute Gasteiger partial charge is 0.490 e. The van der Waals surface area contributed by atoms with Gasteiger partial charge in [0, 0.05) is 68.2 Å². The molecule has 13 nitrogen and oxygen atoms in total. The maximum atomic E-state index is 13.0. The lowest BCUT2D eigenvalue weighted by Crippen LogP contribution is -2.43. The maximum Gasteiger partial charge on any atom is 0.490 e. The van der Waals surface area contributed by atoms with Gasteiger partial charge in [0.05, 0.1) is 0 Å². The molecule has 1 fully saturated rings. The van der Waals surface area contributed by atoms with E-state index in [1.807, 2.05) is 18.2 Å². The molecule has 1 aliphatic rings. The highest BCUT2D eigenvalue weighted by atomic mass is 19.4. The number of alkyl halides is 6. The summed E-state index contributed by atoms with van der Waals surface area (Å²) in [5.41, 5.74) is 6.98. The minimum Gasteiger partial charge on any atom is -0.475 e. The fourth-order valence-corrected chi connectivity index (χ4v) is 3.67. The number of H-pyrrole nitrogens is 1. The number of pyridine rings is 2. The lowest BCUT2D eigenvalue weighted by atomic mass is 10.1. The zero-order valence-corrected chi connectivity index (χ0v) is 23.6. The van der Waals surface area contributed by atoms with Crippen LogP contribution in [0.5, 0.6) is 0 Å². The van der Waals surface area contributed by atoms with Crippen LogP contribution in [0.2, 0.25) is 0 Å². The van der Waals surface area contributed by atoms with Gasteiger partial charge in [-0.3, -0.25) is 0 Å². The minimum atomic E-state index is -5.08. The Morgan fingerprint density at radius 2 is 1.50 bits per heavy atom. The third kappa shape index (κ3) is 10.6. The number of aryl methyl sites for hydroxylation is 1. The van der Waals surface area contributed by atoms with E-state index in [9.17, 15) is 39.9 Å². The van der Waals surface area contributed by atoms with Gasteiger partial charge in [-0.25, -0.2) is 34.0 Å². The van der Waals surface area contributed by atoms with Crippen LogP contribution in [0.3, 0.4) is 0 Å². The van der Waals surface area contributed by atoms with Crippen molar-refractivity contribution >= 4 is 17.8 Å². The van der Waals surface area contributed by atoms with Gasteiger partial charge in [-0.05, 0) is 30.7 Å². The molecule has 4 rings (SSSR count). The Hall–Kier alpha value is -4.92. The Labute approximate surface area is 253 Å². The van der Waals surface area contributed by atoms with Crippen LogP contribution in [0.1, 0.15) is 11.4 Å². The van der Waals surface area contributed by atoms with Crippen molar-refractivity contribution < 1.29 is 54.9 Å². The summed E-state index contributed by atoms with van der Waals surface area (Å²) in [7, 11) is 0. The standard InChI is InChI=1S/C21H24F2N8O.2C2HF3O2/c1-13-8-16(14-2-3-17(26-11-14)30-6-4-25-5-7-30)12-27-20(13)31-18(28-29-21(31)32)9-15(10-24)19(22)23;2*3-2(4,5)1(6)7/h2-3,8,11-12,25H,4-7,9-10,24H2,1H3,(H,29,32);2*(H,6,7). The van der Waals surface area contributed by atoms with Crippen LogP contribution < -0.4 is 21.6 Å². The van der Waals surface area contributed by atoms with E-state index in [4.69, 9.17) is 25.5 Å². The third-order valence-electron chi connectivity index (χ3n) is 5.90. The van der Waals surface area contributed by atoms with Crippen LogP contribution in [0.4, 0.5) is 40.9 Å². The maximum absolute atomic E-state index is 13.0. The zero-order valence-electron chi connectivity index (χ0n) is 23.6. The first-order valence-corrected chi connectivity index (χ1v) is 12.8. The summed E-state index contributed by atoms with van der Waals surface area (Å²) < 4.78 is 90.7. The van der Waals surface area contributed by atoms with Crippen molar-refractivity contribution in [2.24, 2.45) is 5.73 Å². The number of carbonyl (C=O) groups is 2.